The van der Waals surface area contributed by atoms with E-state index in [1.165, 1.54) is 0 Å². The number of benzene rings is 2. The van der Waals surface area contributed by atoms with Crippen molar-refractivity contribution in [3.8, 4) is 0 Å². The molecule has 2 aromatic carbocycles. The summed E-state index contributed by atoms with van der Waals surface area (Å²) in [7, 11) is 0. The normalized spacial score (nSPS) is 11.4. The summed E-state index contributed by atoms with van der Waals surface area (Å²) in [5.74, 6) is -0.817. The molecular formula is C20H24N4O3Y-2. The van der Waals surface area contributed by atoms with Crippen LogP contribution in [0, 0.1) is 20.4 Å². The largest absolute Gasteiger partial charge is 0.409 e. The summed E-state index contributed by atoms with van der Waals surface area (Å²) in [5, 5.41) is 16.9. The van der Waals surface area contributed by atoms with E-state index < -0.39 is 5.91 Å². The summed E-state index contributed by atoms with van der Waals surface area (Å²) in [6.45, 7) is 3.78. The molecule has 2 aromatic rings. The van der Waals surface area contributed by atoms with E-state index in [0.717, 1.165) is 11.1 Å². The van der Waals surface area contributed by atoms with Gasteiger partial charge in [0.15, 0.2) is 5.84 Å². The average molecular weight is 457 g/mol. The number of nitrogens with one attached hydrogen (secondary N) is 2. The number of anilines is 1. The second-order valence-electron chi connectivity index (χ2n) is 5.88. The molecule has 2 amide bonds. The van der Waals surface area contributed by atoms with Gasteiger partial charge in [0.05, 0.1) is 0 Å². The summed E-state index contributed by atoms with van der Waals surface area (Å²) >= 11 is 0. The summed E-state index contributed by atoms with van der Waals surface area (Å²) in [6, 6.07) is 14.9. The van der Waals surface area contributed by atoms with Crippen molar-refractivity contribution in [3.63, 3.8) is 0 Å². The van der Waals surface area contributed by atoms with Crippen molar-refractivity contribution < 1.29 is 47.5 Å². The van der Waals surface area contributed by atoms with Gasteiger partial charge in [-0.05, 0) is 31.2 Å². The molecule has 5 N–H and O–H groups in total. The molecule has 1 radical (unpaired) electrons. The van der Waals surface area contributed by atoms with Crippen molar-refractivity contribution in [2.24, 2.45) is 10.9 Å². The first-order valence-electron chi connectivity index (χ1n) is 8.04. The van der Waals surface area contributed by atoms with E-state index in [2.05, 4.69) is 21.9 Å². The van der Waals surface area contributed by atoms with Crippen molar-refractivity contribution in [3.05, 3.63) is 72.6 Å². The topological polar surface area (TPSA) is 117 Å². The number of amidine groups is 1. The maximum Gasteiger partial charge on any atom is 0.233 e. The summed E-state index contributed by atoms with van der Waals surface area (Å²) < 4.78 is 0. The zero-order valence-corrected chi connectivity index (χ0v) is 19.0. The molecule has 0 aliphatic carbocycles. The monoisotopic (exact) mass is 457 g/mol. The van der Waals surface area contributed by atoms with Crippen LogP contribution in [0.25, 0.3) is 0 Å². The van der Waals surface area contributed by atoms with Crippen LogP contribution in [-0.4, -0.2) is 22.9 Å². The third-order valence-corrected chi connectivity index (χ3v) is 3.74. The third-order valence-electron chi connectivity index (χ3n) is 3.74. The number of carbonyl (C=O) groups excluding carboxylic acids is 2. The van der Waals surface area contributed by atoms with Gasteiger partial charge in [0.25, 0.3) is 0 Å². The maximum atomic E-state index is 12.1. The molecule has 1 unspecified atom stereocenters. The molecule has 0 bridgehead atoms. The van der Waals surface area contributed by atoms with Gasteiger partial charge in [-0.15, -0.1) is 5.56 Å². The zero-order valence-electron chi connectivity index (χ0n) is 16.2. The molecule has 0 saturated carbocycles. The Hall–Kier alpha value is -2.25. The molecule has 0 aliphatic rings. The Morgan fingerprint density at radius 1 is 1.21 bits per heavy atom. The Labute approximate surface area is 190 Å². The second kappa shape index (κ2) is 12.3. The van der Waals surface area contributed by atoms with E-state index in [9.17, 15) is 9.59 Å². The number of aryl methyl sites for hydroxylation is 1. The first-order chi connectivity index (χ1) is 12.4. The summed E-state index contributed by atoms with van der Waals surface area (Å²) in [4.78, 5) is 24.1. The number of carbonyl (C=O) groups is 2. The zero-order chi connectivity index (χ0) is 19.1. The number of nitrogens with zero attached hydrogens (tertiary/aromatic N) is 1. The van der Waals surface area contributed by atoms with E-state index in [4.69, 9.17) is 10.9 Å². The molecule has 1 atom stereocenters. The average Bonchev–Trinajstić information content (AvgIpc) is 2.61. The fourth-order valence-electron chi connectivity index (χ4n) is 2.39. The Morgan fingerprint density at radius 2 is 1.86 bits per heavy atom. The van der Waals surface area contributed by atoms with Gasteiger partial charge in [-0.2, -0.15) is 29.8 Å². The predicted molar refractivity (Wildman–Crippen MR) is 105 cm³/mol. The van der Waals surface area contributed by atoms with Crippen molar-refractivity contribution in [1.29, 1.82) is 0 Å². The van der Waals surface area contributed by atoms with Crippen molar-refractivity contribution >= 4 is 23.3 Å². The van der Waals surface area contributed by atoms with Gasteiger partial charge in [0, 0.05) is 50.0 Å². The van der Waals surface area contributed by atoms with Crippen LogP contribution in [0.1, 0.15) is 36.1 Å². The first kappa shape index (κ1) is 25.8. The molecule has 28 heavy (non-hydrogen) atoms. The van der Waals surface area contributed by atoms with Crippen LogP contribution in [-0.2, 0) is 42.3 Å². The minimum atomic E-state index is -0.427. The number of hydrogen-bond acceptors (Lipinski definition) is 4. The number of nitrogens with two attached hydrogens (primary N) is 1. The van der Waals surface area contributed by atoms with Crippen LogP contribution in [0.15, 0.2) is 47.6 Å². The summed E-state index contributed by atoms with van der Waals surface area (Å²) in [5.41, 5.74) is 8.44. The van der Waals surface area contributed by atoms with Crippen LogP contribution in [0.5, 0.6) is 0 Å². The van der Waals surface area contributed by atoms with Gasteiger partial charge in [-0.25, -0.2) is 0 Å². The van der Waals surface area contributed by atoms with E-state index in [1.54, 1.807) is 30.3 Å². The van der Waals surface area contributed by atoms with Crippen LogP contribution in [0.2, 0.25) is 0 Å². The third kappa shape index (κ3) is 7.78. The van der Waals surface area contributed by atoms with Crippen LogP contribution in [0.4, 0.5) is 5.69 Å². The molecule has 147 valence electrons. The van der Waals surface area contributed by atoms with Gasteiger partial charge in [0.1, 0.15) is 6.42 Å². The smallest absolute Gasteiger partial charge is 0.233 e. The number of rotatable bonds is 6. The van der Waals surface area contributed by atoms with Crippen molar-refractivity contribution in [2.75, 3.05) is 5.32 Å². The standard InChI is InChI=1S/C19H21N4O3.CH3.Y/c1-12-4-3-5-15(10-12)13(2)21-17(24)11-18(25)22-16-8-6-14(7-9-16)19(20)23-26;;/h3,5-10,13,26H,11H2,1-2H3,(H2,20,23)(H,21,24)(H,22,25);1H3;/q2*-1;. The Morgan fingerprint density at radius 3 is 2.43 bits per heavy atom. The second-order valence-corrected chi connectivity index (χ2v) is 5.88. The number of hydrogen-bond donors (Lipinski definition) is 4. The Bertz CT molecular complexity index is 822. The molecule has 0 spiro atoms. The van der Waals surface area contributed by atoms with E-state index in [-0.39, 0.29) is 64.3 Å². The minimum Gasteiger partial charge on any atom is -0.409 e. The van der Waals surface area contributed by atoms with Crippen LogP contribution < -0.4 is 16.4 Å². The van der Waals surface area contributed by atoms with Crippen molar-refractivity contribution in [2.45, 2.75) is 26.3 Å². The van der Waals surface area contributed by atoms with E-state index in [1.807, 2.05) is 26.0 Å². The fourth-order valence-corrected chi connectivity index (χ4v) is 2.39. The van der Waals surface area contributed by atoms with Crippen molar-refractivity contribution in [1.82, 2.24) is 5.32 Å². The minimum absolute atomic E-state index is 0. The molecule has 0 aromatic heterocycles. The molecule has 0 fully saturated rings. The van der Waals surface area contributed by atoms with Gasteiger partial charge in [-0.1, -0.05) is 12.1 Å². The molecule has 7 nitrogen and oxygen atoms in total. The van der Waals surface area contributed by atoms with Gasteiger partial charge in [0.2, 0.25) is 11.8 Å². The Kier molecular flexibility index (Phi) is 11.3. The molecular weight excluding hydrogens is 433 g/mol. The first-order valence-corrected chi connectivity index (χ1v) is 8.04. The SMILES string of the molecule is Cc1[c-]ccc(C(C)NC(=O)CC(=O)Nc2ccc(/C(N)=N\O)cc2)c1.[CH3-].[Y]. The fraction of sp³-hybridized carbons (Fsp3) is 0.200. The summed E-state index contributed by atoms with van der Waals surface area (Å²) in [6.07, 6.45) is -0.287. The molecule has 2 rings (SSSR count). The maximum absolute atomic E-state index is 12.1. The molecule has 0 aliphatic heterocycles. The molecule has 0 heterocycles. The van der Waals surface area contributed by atoms with Gasteiger partial charge in [-0.3, -0.25) is 9.59 Å². The quantitative estimate of drug-likeness (QED) is 0.133. The van der Waals surface area contributed by atoms with Gasteiger partial charge >= 0.3 is 0 Å². The van der Waals surface area contributed by atoms with Crippen LogP contribution in [0.3, 0.4) is 0 Å². The molecule has 0 saturated heterocycles. The Balaban J connectivity index is 0.00000364. The predicted octanol–water partition coefficient (Wildman–Crippen LogP) is 2.54. The van der Waals surface area contributed by atoms with E-state index >= 15 is 0 Å². The molecule has 8 heteroatoms. The number of amides is 2. The van der Waals surface area contributed by atoms with E-state index in [0.29, 0.717) is 11.3 Å². The van der Waals surface area contributed by atoms with Gasteiger partial charge < -0.3 is 29.0 Å². The number of oxime groups is 1. The van der Waals surface area contributed by atoms with Crippen LogP contribution >= 0.6 is 0 Å².